The second kappa shape index (κ2) is 8.52. The predicted molar refractivity (Wildman–Crippen MR) is 96.9 cm³/mol. The van der Waals surface area contributed by atoms with Crippen molar-refractivity contribution in [2.75, 3.05) is 5.32 Å². The van der Waals surface area contributed by atoms with Crippen LogP contribution in [0.25, 0.3) is 0 Å². The van der Waals surface area contributed by atoms with E-state index in [1.165, 1.54) is 29.5 Å². The van der Waals surface area contributed by atoms with Gasteiger partial charge in [-0.15, -0.1) is 0 Å². The van der Waals surface area contributed by atoms with Gasteiger partial charge in [-0.1, -0.05) is 12.8 Å². The highest BCUT2D eigenvalue weighted by Crippen LogP contribution is 2.17. The maximum atomic E-state index is 12.2. The first-order chi connectivity index (χ1) is 13.0. The van der Waals surface area contributed by atoms with Gasteiger partial charge in [0.25, 0.3) is 5.91 Å². The lowest BCUT2D eigenvalue weighted by molar-refractivity contribution is -0.122. The van der Waals surface area contributed by atoms with E-state index in [1.807, 2.05) is 0 Å². The molecule has 0 bridgehead atoms. The van der Waals surface area contributed by atoms with E-state index in [0.29, 0.717) is 11.3 Å². The molecule has 0 saturated heterocycles. The van der Waals surface area contributed by atoms with E-state index in [9.17, 15) is 14.4 Å². The maximum absolute atomic E-state index is 12.2. The Morgan fingerprint density at radius 3 is 2.81 bits per heavy atom. The zero-order valence-corrected chi connectivity index (χ0v) is 15.1. The lowest BCUT2D eigenvalue weighted by atomic mass is 10.2. The van der Waals surface area contributed by atoms with E-state index >= 15 is 0 Å². The Morgan fingerprint density at radius 1 is 1.33 bits per heavy atom. The number of aromatic nitrogens is 2. The van der Waals surface area contributed by atoms with Crippen molar-refractivity contribution in [2.24, 2.45) is 0 Å². The molecule has 3 rings (SSSR count). The van der Waals surface area contributed by atoms with E-state index in [2.05, 4.69) is 21.0 Å². The molecule has 1 aliphatic carbocycles. The van der Waals surface area contributed by atoms with Crippen LogP contribution < -0.4 is 16.0 Å². The molecule has 3 amide bonds. The van der Waals surface area contributed by atoms with Crippen LogP contribution >= 0.6 is 0 Å². The molecule has 9 heteroatoms. The third-order valence-corrected chi connectivity index (χ3v) is 4.45. The summed E-state index contributed by atoms with van der Waals surface area (Å²) >= 11 is 0. The smallest absolute Gasteiger partial charge is 0.255 e. The van der Waals surface area contributed by atoms with Crippen molar-refractivity contribution in [3.63, 3.8) is 0 Å². The van der Waals surface area contributed by atoms with Gasteiger partial charge in [-0.2, -0.15) is 5.10 Å². The zero-order valence-electron chi connectivity index (χ0n) is 15.1. The highest BCUT2D eigenvalue weighted by molar-refractivity contribution is 6.00. The average molecular weight is 373 g/mol. The summed E-state index contributed by atoms with van der Waals surface area (Å²) in [5, 5.41) is 12.3. The Hall–Kier alpha value is -3.10. The van der Waals surface area contributed by atoms with Crippen molar-refractivity contribution in [1.82, 2.24) is 20.4 Å². The van der Waals surface area contributed by atoms with Crippen LogP contribution in [-0.2, 0) is 16.1 Å². The molecule has 0 aromatic carbocycles. The van der Waals surface area contributed by atoms with Crippen molar-refractivity contribution >= 4 is 23.4 Å². The van der Waals surface area contributed by atoms with E-state index in [0.717, 1.165) is 25.7 Å². The first-order valence-corrected chi connectivity index (χ1v) is 8.97. The van der Waals surface area contributed by atoms with Crippen LogP contribution in [0.3, 0.4) is 0 Å². The number of anilines is 1. The number of nitrogens with one attached hydrogen (secondary N) is 3. The molecule has 144 valence electrons. The second-order valence-electron chi connectivity index (χ2n) is 6.67. The van der Waals surface area contributed by atoms with Gasteiger partial charge in [0.2, 0.25) is 11.8 Å². The summed E-state index contributed by atoms with van der Waals surface area (Å²) in [7, 11) is 0. The molecule has 1 aliphatic rings. The normalized spacial score (nSPS) is 15.3. The average Bonchev–Trinajstić information content (AvgIpc) is 3.37. The van der Waals surface area contributed by atoms with Gasteiger partial charge in [0.15, 0.2) is 0 Å². The number of furan rings is 1. The first-order valence-electron chi connectivity index (χ1n) is 8.97. The van der Waals surface area contributed by atoms with Gasteiger partial charge in [-0.25, -0.2) is 0 Å². The summed E-state index contributed by atoms with van der Waals surface area (Å²) in [6.45, 7) is 1.67. The van der Waals surface area contributed by atoms with Gasteiger partial charge >= 0.3 is 0 Å². The molecule has 0 spiro atoms. The first kappa shape index (κ1) is 18.7. The molecule has 1 unspecified atom stereocenters. The fraction of sp³-hybridized carbons (Fsp3) is 0.444. The number of rotatable bonds is 7. The van der Waals surface area contributed by atoms with Crippen LogP contribution in [0, 0.1) is 0 Å². The van der Waals surface area contributed by atoms with Gasteiger partial charge in [-0.05, 0) is 25.8 Å². The fourth-order valence-corrected chi connectivity index (χ4v) is 2.99. The summed E-state index contributed by atoms with van der Waals surface area (Å²) in [5.41, 5.74) is 0.800. The Kier molecular flexibility index (Phi) is 5.90. The number of carbonyl (C=O) groups is 3. The predicted octanol–water partition coefficient (Wildman–Crippen LogP) is 1.29. The van der Waals surface area contributed by atoms with Crippen molar-refractivity contribution in [2.45, 2.75) is 51.2 Å². The van der Waals surface area contributed by atoms with Crippen molar-refractivity contribution < 1.29 is 18.8 Å². The lowest BCUT2D eigenvalue weighted by Gasteiger charge is -2.12. The molecule has 1 saturated carbocycles. The van der Waals surface area contributed by atoms with Gasteiger partial charge in [0.1, 0.15) is 18.8 Å². The lowest BCUT2D eigenvalue weighted by Crippen LogP contribution is -2.41. The molecule has 2 aromatic rings. The molecule has 1 atom stereocenters. The summed E-state index contributed by atoms with van der Waals surface area (Å²) in [6, 6.07) is 1.02. The van der Waals surface area contributed by atoms with Gasteiger partial charge in [0, 0.05) is 12.2 Å². The van der Waals surface area contributed by atoms with Crippen molar-refractivity contribution in [1.29, 1.82) is 0 Å². The topological polar surface area (TPSA) is 118 Å². The van der Waals surface area contributed by atoms with Crippen LogP contribution in [0.4, 0.5) is 5.69 Å². The maximum Gasteiger partial charge on any atom is 0.255 e. The molecule has 3 N–H and O–H groups in total. The molecular weight excluding hydrogens is 350 g/mol. The number of hydrogen-bond donors (Lipinski definition) is 3. The molecular formula is C18H23N5O4. The highest BCUT2D eigenvalue weighted by Gasteiger charge is 2.19. The van der Waals surface area contributed by atoms with Gasteiger partial charge < -0.3 is 20.4 Å². The molecule has 2 aromatic heterocycles. The minimum Gasteiger partial charge on any atom is -0.472 e. The van der Waals surface area contributed by atoms with Crippen molar-refractivity contribution in [3.8, 4) is 0 Å². The highest BCUT2D eigenvalue weighted by atomic mass is 16.3. The third-order valence-electron chi connectivity index (χ3n) is 4.45. The third kappa shape index (κ3) is 5.19. The van der Waals surface area contributed by atoms with E-state index in [1.54, 1.807) is 13.1 Å². The molecule has 0 aliphatic heterocycles. The SMILES string of the molecule is CC(NC(=O)c1ccoc1)C(=O)Nc1cnn(CC(=O)NC2CCCC2)c1. The second-order valence-corrected chi connectivity index (χ2v) is 6.67. The van der Waals surface area contributed by atoms with Crippen LogP contribution in [0.1, 0.15) is 43.0 Å². The standard InChI is InChI=1S/C18H23N5O4/c1-12(20-18(26)13-6-7-27-11-13)17(25)22-15-8-19-23(9-15)10-16(24)21-14-4-2-3-5-14/h6-9,11-12,14H,2-5,10H2,1H3,(H,20,26)(H,21,24)(H,22,25). The number of hydrogen-bond acceptors (Lipinski definition) is 5. The number of amides is 3. The summed E-state index contributed by atoms with van der Waals surface area (Å²) in [4.78, 5) is 36.2. The molecule has 9 nitrogen and oxygen atoms in total. The van der Waals surface area contributed by atoms with E-state index in [4.69, 9.17) is 4.42 Å². The molecule has 1 fully saturated rings. The van der Waals surface area contributed by atoms with Crippen LogP contribution in [0.5, 0.6) is 0 Å². The van der Waals surface area contributed by atoms with Crippen LogP contribution in [0.2, 0.25) is 0 Å². The largest absolute Gasteiger partial charge is 0.472 e. The van der Waals surface area contributed by atoms with Crippen molar-refractivity contribution in [3.05, 3.63) is 36.5 Å². The van der Waals surface area contributed by atoms with Gasteiger partial charge in [-0.3, -0.25) is 19.1 Å². The summed E-state index contributed by atoms with van der Waals surface area (Å²) in [5.74, 6) is -0.879. The minimum atomic E-state index is -0.749. The summed E-state index contributed by atoms with van der Waals surface area (Å²) in [6.07, 6.45) is 10.1. The molecule has 27 heavy (non-hydrogen) atoms. The summed E-state index contributed by atoms with van der Waals surface area (Å²) < 4.78 is 6.31. The number of carbonyl (C=O) groups excluding carboxylic acids is 3. The Morgan fingerprint density at radius 2 is 2.11 bits per heavy atom. The van der Waals surface area contributed by atoms with Crippen LogP contribution in [0.15, 0.2) is 35.4 Å². The van der Waals surface area contributed by atoms with Gasteiger partial charge in [0.05, 0.1) is 23.7 Å². The Bertz CT molecular complexity index is 793. The van der Waals surface area contributed by atoms with Crippen LogP contribution in [-0.4, -0.2) is 39.6 Å². The quantitative estimate of drug-likeness (QED) is 0.676. The minimum absolute atomic E-state index is 0.0939. The molecule has 0 radical (unpaired) electrons. The fourth-order valence-electron chi connectivity index (χ4n) is 2.99. The van der Waals surface area contributed by atoms with E-state index < -0.39 is 11.9 Å². The Labute approximate surface area is 156 Å². The molecule has 2 heterocycles. The monoisotopic (exact) mass is 373 g/mol. The number of nitrogens with zero attached hydrogens (tertiary/aromatic N) is 2. The zero-order chi connectivity index (χ0) is 19.2. The van der Waals surface area contributed by atoms with E-state index in [-0.39, 0.29) is 24.4 Å². The Balaban J connectivity index is 1.46.